The van der Waals surface area contributed by atoms with E-state index in [9.17, 15) is 4.79 Å². The number of halogens is 2. The van der Waals surface area contributed by atoms with Gasteiger partial charge in [0, 0.05) is 5.56 Å². The standard InChI is InChI=1S/C9H5Cl2NO/c10-8-2-1-6(5-13)7(3-4-12)9(8)11/h1-2,5H,3H2. The summed E-state index contributed by atoms with van der Waals surface area (Å²) in [6.45, 7) is 0. The number of aldehydes is 1. The lowest BCUT2D eigenvalue weighted by atomic mass is 10.1. The van der Waals surface area contributed by atoms with E-state index in [4.69, 9.17) is 28.5 Å². The summed E-state index contributed by atoms with van der Waals surface area (Å²) in [4.78, 5) is 10.6. The van der Waals surface area contributed by atoms with Crippen LogP contribution < -0.4 is 0 Å². The van der Waals surface area contributed by atoms with Crippen molar-refractivity contribution >= 4 is 29.5 Å². The van der Waals surface area contributed by atoms with Gasteiger partial charge in [-0.05, 0) is 17.7 Å². The Kier molecular flexibility index (Phi) is 3.30. The van der Waals surface area contributed by atoms with Crippen LogP contribution >= 0.6 is 23.2 Å². The summed E-state index contributed by atoms with van der Waals surface area (Å²) in [5, 5.41) is 9.13. The van der Waals surface area contributed by atoms with Crippen LogP contribution in [-0.4, -0.2) is 6.29 Å². The fourth-order valence-electron chi connectivity index (χ4n) is 0.977. The van der Waals surface area contributed by atoms with Gasteiger partial charge in [-0.1, -0.05) is 23.2 Å². The molecule has 0 aliphatic rings. The first-order valence-corrected chi connectivity index (χ1v) is 4.25. The third-order valence-corrected chi connectivity index (χ3v) is 2.46. The van der Waals surface area contributed by atoms with E-state index in [1.807, 2.05) is 6.07 Å². The van der Waals surface area contributed by atoms with Gasteiger partial charge in [0.15, 0.2) is 0 Å². The lowest BCUT2D eigenvalue weighted by Crippen LogP contribution is -1.93. The van der Waals surface area contributed by atoms with Crippen molar-refractivity contribution in [1.29, 1.82) is 5.26 Å². The maximum atomic E-state index is 10.6. The quantitative estimate of drug-likeness (QED) is 0.710. The highest BCUT2D eigenvalue weighted by atomic mass is 35.5. The summed E-state index contributed by atoms with van der Waals surface area (Å²) < 4.78 is 0. The summed E-state index contributed by atoms with van der Waals surface area (Å²) in [5.74, 6) is 0. The van der Waals surface area contributed by atoms with Crippen LogP contribution in [-0.2, 0) is 6.42 Å². The van der Waals surface area contributed by atoms with Gasteiger partial charge in [-0.3, -0.25) is 4.79 Å². The average molecular weight is 214 g/mol. The van der Waals surface area contributed by atoms with Gasteiger partial charge < -0.3 is 0 Å². The largest absolute Gasteiger partial charge is 0.298 e. The zero-order chi connectivity index (χ0) is 9.84. The lowest BCUT2D eigenvalue weighted by molar-refractivity contribution is 0.112. The van der Waals surface area contributed by atoms with E-state index in [1.165, 1.54) is 6.07 Å². The molecule has 0 atom stereocenters. The van der Waals surface area contributed by atoms with Crippen LogP contribution in [0.15, 0.2) is 12.1 Å². The predicted molar refractivity (Wildman–Crippen MR) is 51.2 cm³/mol. The molecule has 1 rings (SSSR count). The molecule has 0 radical (unpaired) electrons. The van der Waals surface area contributed by atoms with Crippen molar-refractivity contribution in [2.75, 3.05) is 0 Å². The fourth-order valence-corrected chi connectivity index (χ4v) is 1.39. The maximum absolute atomic E-state index is 10.6. The third kappa shape index (κ3) is 2.00. The van der Waals surface area contributed by atoms with Gasteiger partial charge in [0.05, 0.1) is 22.5 Å². The van der Waals surface area contributed by atoms with Crippen molar-refractivity contribution in [2.45, 2.75) is 6.42 Å². The van der Waals surface area contributed by atoms with Crippen LogP contribution in [0.4, 0.5) is 0 Å². The molecule has 0 saturated carbocycles. The van der Waals surface area contributed by atoms with Gasteiger partial charge >= 0.3 is 0 Å². The fraction of sp³-hybridized carbons (Fsp3) is 0.111. The van der Waals surface area contributed by atoms with E-state index in [1.54, 1.807) is 6.07 Å². The molecule has 1 aromatic rings. The van der Waals surface area contributed by atoms with E-state index < -0.39 is 0 Å². The third-order valence-electron chi connectivity index (χ3n) is 1.62. The lowest BCUT2D eigenvalue weighted by Gasteiger charge is -2.04. The van der Waals surface area contributed by atoms with Crippen LogP contribution in [0.2, 0.25) is 10.0 Å². The van der Waals surface area contributed by atoms with Crippen molar-refractivity contribution in [1.82, 2.24) is 0 Å². The molecule has 0 saturated heterocycles. The Hall–Kier alpha value is -1.04. The number of benzene rings is 1. The zero-order valence-corrected chi connectivity index (χ0v) is 8.06. The van der Waals surface area contributed by atoms with Gasteiger partial charge in [-0.2, -0.15) is 5.26 Å². The molecule has 0 bridgehead atoms. The number of nitriles is 1. The Bertz CT molecular complexity index is 382. The SMILES string of the molecule is N#CCc1c(C=O)ccc(Cl)c1Cl. The second-order valence-electron chi connectivity index (χ2n) is 2.38. The van der Waals surface area contributed by atoms with Crippen molar-refractivity contribution in [3.63, 3.8) is 0 Å². The molecular formula is C9H5Cl2NO. The molecular weight excluding hydrogens is 209 g/mol. The topological polar surface area (TPSA) is 40.9 Å². The Morgan fingerprint density at radius 1 is 1.46 bits per heavy atom. The van der Waals surface area contributed by atoms with Crippen LogP contribution in [0.5, 0.6) is 0 Å². The minimum Gasteiger partial charge on any atom is -0.298 e. The van der Waals surface area contributed by atoms with Crippen LogP contribution in [0.3, 0.4) is 0 Å². The molecule has 0 aliphatic carbocycles. The van der Waals surface area contributed by atoms with Gasteiger partial charge in [0.2, 0.25) is 0 Å². The van der Waals surface area contributed by atoms with Crippen LogP contribution in [0.1, 0.15) is 15.9 Å². The van der Waals surface area contributed by atoms with Gasteiger partial charge in [0.1, 0.15) is 6.29 Å². The van der Waals surface area contributed by atoms with E-state index in [2.05, 4.69) is 0 Å². The summed E-state index contributed by atoms with van der Waals surface area (Å²) in [7, 11) is 0. The zero-order valence-electron chi connectivity index (χ0n) is 6.55. The van der Waals surface area contributed by atoms with E-state index >= 15 is 0 Å². The molecule has 0 unspecified atom stereocenters. The minimum absolute atomic E-state index is 0.0907. The summed E-state index contributed by atoms with van der Waals surface area (Å²) in [6.07, 6.45) is 0.752. The van der Waals surface area contributed by atoms with Crippen molar-refractivity contribution < 1.29 is 4.79 Å². The van der Waals surface area contributed by atoms with Crippen molar-refractivity contribution in [3.8, 4) is 6.07 Å². The smallest absolute Gasteiger partial charge is 0.150 e. The Labute approximate surface area is 85.7 Å². The molecule has 1 aromatic carbocycles. The monoisotopic (exact) mass is 213 g/mol. The summed E-state index contributed by atoms with van der Waals surface area (Å²) in [5.41, 5.74) is 0.905. The first kappa shape index (κ1) is 10.0. The first-order valence-electron chi connectivity index (χ1n) is 3.49. The van der Waals surface area contributed by atoms with Crippen LogP contribution in [0, 0.1) is 11.3 Å². The normalized spacial score (nSPS) is 9.31. The molecule has 66 valence electrons. The molecule has 4 heteroatoms. The van der Waals surface area contributed by atoms with E-state index in [-0.39, 0.29) is 11.4 Å². The molecule has 0 aromatic heterocycles. The van der Waals surface area contributed by atoms with Gasteiger partial charge in [-0.15, -0.1) is 0 Å². The predicted octanol–water partition coefficient (Wildman–Crippen LogP) is 2.87. The average Bonchev–Trinajstić information content (AvgIpc) is 2.14. The molecule has 13 heavy (non-hydrogen) atoms. The summed E-state index contributed by atoms with van der Waals surface area (Å²) >= 11 is 11.5. The second-order valence-corrected chi connectivity index (χ2v) is 3.17. The Balaban J connectivity index is 3.33. The maximum Gasteiger partial charge on any atom is 0.150 e. The Morgan fingerprint density at radius 3 is 2.69 bits per heavy atom. The highest BCUT2D eigenvalue weighted by molar-refractivity contribution is 6.42. The molecule has 0 amide bonds. The van der Waals surface area contributed by atoms with Crippen LogP contribution in [0.25, 0.3) is 0 Å². The first-order chi connectivity index (χ1) is 6.20. The highest BCUT2D eigenvalue weighted by Gasteiger charge is 2.09. The molecule has 0 aliphatic heterocycles. The molecule has 0 heterocycles. The number of nitrogens with zero attached hydrogens (tertiary/aromatic N) is 1. The molecule has 0 spiro atoms. The number of hydrogen-bond acceptors (Lipinski definition) is 2. The van der Waals surface area contributed by atoms with Gasteiger partial charge in [0.25, 0.3) is 0 Å². The van der Waals surface area contributed by atoms with Gasteiger partial charge in [-0.25, -0.2) is 0 Å². The number of carbonyl (C=O) groups is 1. The second kappa shape index (κ2) is 4.27. The number of rotatable bonds is 2. The summed E-state index contributed by atoms with van der Waals surface area (Å²) in [6, 6.07) is 5.01. The minimum atomic E-state index is 0.0907. The van der Waals surface area contributed by atoms with E-state index in [0.29, 0.717) is 22.4 Å². The van der Waals surface area contributed by atoms with Crippen molar-refractivity contribution in [3.05, 3.63) is 33.3 Å². The van der Waals surface area contributed by atoms with E-state index in [0.717, 1.165) is 0 Å². The Morgan fingerprint density at radius 2 is 2.15 bits per heavy atom. The van der Waals surface area contributed by atoms with Crippen molar-refractivity contribution in [2.24, 2.45) is 0 Å². The number of carbonyl (C=O) groups excluding carboxylic acids is 1. The molecule has 0 N–H and O–H groups in total. The molecule has 2 nitrogen and oxygen atoms in total. The highest BCUT2D eigenvalue weighted by Crippen LogP contribution is 2.28. The molecule has 0 fully saturated rings. The number of hydrogen-bond donors (Lipinski definition) is 0.